The molecule has 1 saturated heterocycles. The van der Waals surface area contributed by atoms with Gasteiger partial charge in [-0.3, -0.25) is 0 Å². The molecule has 3 rings (SSSR count). The molecule has 1 heterocycles. The Morgan fingerprint density at radius 2 is 1.78 bits per heavy atom. The number of aromatic carboxylic acids is 1. The Morgan fingerprint density at radius 1 is 1.07 bits per heavy atom. The lowest BCUT2D eigenvalue weighted by Crippen LogP contribution is -2.36. The Labute approximate surface area is 159 Å². The summed E-state index contributed by atoms with van der Waals surface area (Å²) in [6.07, 6.45) is 1.57. The average Bonchev–Trinajstić information content (AvgIpc) is 3.10. The molecule has 1 aliphatic rings. The van der Waals surface area contributed by atoms with E-state index in [-0.39, 0.29) is 17.7 Å². The van der Waals surface area contributed by atoms with E-state index in [1.54, 1.807) is 17.0 Å². The van der Waals surface area contributed by atoms with Gasteiger partial charge in [-0.2, -0.15) is 0 Å². The molecule has 0 radical (unpaired) electrons. The molecule has 0 spiro atoms. The van der Waals surface area contributed by atoms with Gasteiger partial charge in [-0.05, 0) is 68.5 Å². The zero-order valence-corrected chi connectivity index (χ0v) is 15.9. The first-order valence-electron chi connectivity index (χ1n) is 9.18. The lowest BCUT2D eigenvalue weighted by atomic mass is 9.97. The van der Waals surface area contributed by atoms with Crippen molar-refractivity contribution >= 4 is 12.1 Å². The van der Waals surface area contributed by atoms with E-state index in [0.717, 1.165) is 29.5 Å². The molecule has 27 heavy (non-hydrogen) atoms. The molecule has 2 aromatic carbocycles. The van der Waals surface area contributed by atoms with Gasteiger partial charge in [0.2, 0.25) is 0 Å². The van der Waals surface area contributed by atoms with Crippen molar-refractivity contribution in [1.29, 1.82) is 0 Å². The zero-order chi connectivity index (χ0) is 19.6. The molecule has 2 aromatic rings. The normalized spacial score (nSPS) is 17.0. The second-order valence-corrected chi connectivity index (χ2v) is 7.84. The summed E-state index contributed by atoms with van der Waals surface area (Å²) in [5.74, 6) is -0.936. The van der Waals surface area contributed by atoms with Gasteiger partial charge in [0, 0.05) is 6.54 Å². The van der Waals surface area contributed by atoms with E-state index in [0.29, 0.717) is 6.54 Å². The monoisotopic (exact) mass is 367 g/mol. The van der Waals surface area contributed by atoms with E-state index < -0.39 is 11.6 Å². The quantitative estimate of drug-likeness (QED) is 0.817. The van der Waals surface area contributed by atoms with Crippen LogP contribution in [0.5, 0.6) is 0 Å². The molecule has 0 aliphatic carbocycles. The third kappa shape index (κ3) is 4.48. The zero-order valence-electron chi connectivity index (χ0n) is 15.9. The van der Waals surface area contributed by atoms with Crippen LogP contribution in [-0.2, 0) is 4.74 Å². The van der Waals surface area contributed by atoms with Crippen LogP contribution in [0.1, 0.15) is 55.6 Å². The number of likely N-dealkylation sites (tertiary alicyclic amines) is 1. The summed E-state index contributed by atoms with van der Waals surface area (Å²) < 4.78 is 5.56. The minimum atomic E-state index is -0.936. The van der Waals surface area contributed by atoms with Gasteiger partial charge in [0.15, 0.2) is 0 Å². The fourth-order valence-electron chi connectivity index (χ4n) is 3.38. The summed E-state index contributed by atoms with van der Waals surface area (Å²) in [6.45, 7) is 6.31. The number of rotatable bonds is 3. The first-order chi connectivity index (χ1) is 12.7. The first kappa shape index (κ1) is 19.0. The molecule has 1 aliphatic heterocycles. The molecule has 142 valence electrons. The van der Waals surface area contributed by atoms with Crippen LogP contribution < -0.4 is 0 Å². The number of carboxylic acid groups (broad SMARTS) is 1. The van der Waals surface area contributed by atoms with Crippen LogP contribution in [0.15, 0.2) is 48.5 Å². The van der Waals surface area contributed by atoms with Gasteiger partial charge in [0.25, 0.3) is 0 Å². The van der Waals surface area contributed by atoms with Crippen LogP contribution >= 0.6 is 0 Å². The summed E-state index contributed by atoms with van der Waals surface area (Å²) in [7, 11) is 0. The van der Waals surface area contributed by atoms with E-state index in [1.807, 2.05) is 51.1 Å². The van der Waals surface area contributed by atoms with Gasteiger partial charge in [-0.15, -0.1) is 0 Å². The highest BCUT2D eigenvalue weighted by Crippen LogP contribution is 2.35. The smallest absolute Gasteiger partial charge is 0.410 e. The minimum Gasteiger partial charge on any atom is -0.478 e. The van der Waals surface area contributed by atoms with Crippen molar-refractivity contribution in [2.75, 3.05) is 6.54 Å². The highest BCUT2D eigenvalue weighted by atomic mass is 16.6. The molecule has 5 nitrogen and oxygen atoms in total. The molecular weight excluding hydrogens is 342 g/mol. The first-order valence-corrected chi connectivity index (χ1v) is 9.18. The van der Waals surface area contributed by atoms with Crippen molar-refractivity contribution < 1.29 is 19.4 Å². The number of carbonyl (C=O) groups excluding carboxylic acids is 1. The van der Waals surface area contributed by atoms with Gasteiger partial charge < -0.3 is 14.7 Å². The van der Waals surface area contributed by atoms with Crippen LogP contribution in [0, 0.1) is 0 Å². The van der Waals surface area contributed by atoms with Crippen LogP contribution in [0.3, 0.4) is 0 Å². The highest BCUT2D eigenvalue weighted by molar-refractivity contribution is 5.88. The Bertz CT molecular complexity index is 836. The third-order valence-corrected chi connectivity index (χ3v) is 4.62. The van der Waals surface area contributed by atoms with Gasteiger partial charge in [0.1, 0.15) is 5.60 Å². The van der Waals surface area contributed by atoms with Crippen LogP contribution in [-0.4, -0.2) is 34.2 Å². The van der Waals surface area contributed by atoms with Crippen molar-refractivity contribution in [3.63, 3.8) is 0 Å². The van der Waals surface area contributed by atoms with Gasteiger partial charge in [0.05, 0.1) is 11.6 Å². The third-order valence-electron chi connectivity index (χ3n) is 4.62. The largest absolute Gasteiger partial charge is 0.478 e. The van der Waals surface area contributed by atoms with Crippen LogP contribution in [0.25, 0.3) is 11.1 Å². The number of carboxylic acids is 1. The highest BCUT2D eigenvalue weighted by Gasteiger charge is 2.33. The summed E-state index contributed by atoms with van der Waals surface area (Å²) >= 11 is 0. The van der Waals surface area contributed by atoms with Crippen LogP contribution in [0.2, 0.25) is 0 Å². The van der Waals surface area contributed by atoms with Crippen LogP contribution in [0.4, 0.5) is 4.79 Å². The molecule has 0 saturated carbocycles. The number of amides is 1. The summed E-state index contributed by atoms with van der Waals surface area (Å²) in [5.41, 5.74) is 2.77. The summed E-state index contributed by atoms with van der Waals surface area (Å²) in [5, 5.41) is 9.05. The van der Waals surface area contributed by atoms with E-state index in [9.17, 15) is 9.59 Å². The SMILES string of the molecule is CC(C)(C)OC(=O)N1CCCC1c1cccc(-c2ccc(C(=O)O)cc2)c1. The van der Waals surface area contributed by atoms with Crippen molar-refractivity contribution in [1.82, 2.24) is 4.90 Å². The molecule has 1 fully saturated rings. The number of nitrogens with zero attached hydrogens (tertiary/aromatic N) is 1. The number of carbonyl (C=O) groups is 2. The fraction of sp³-hybridized carbons (Fsp3) is 0.364. The van der Waals surface area contributed by atoms with Gasteiger partial charge in [-0.1, -0.05) is 30.3 Å². The van der Waals surface area contributed by atoms with E-state index >= 15 is 0 Å². The van der Waals surface area contributed by atoms with Crippen molar-refractivity contribution in [2.24, 2.45) is 0 Å². The second-order valence-electron chi connectivity index (χ2n) is 7.84. The van der Waals surface area contributed by atoms with Gasteiger partial charge in [-0.25, -0.2) is 9.59 Å². The number of hydrogen-bond donors (Lipinski definition) is 1. The van der Waals surface area contributed by atoms with Crippen molar-refractivity contribution in [3.8, 4) is 11.1 Å². The molecule has 1 atom stereocenters. The number of benzene rings is 2. The Balaban J connectivity index is 1.84. The molecule has 1 N–H and O–H groups in total. The number of ether oxygens (including phenoxy) is 1. The Morgan fingerprint density at radius 3 is 2.41 bits per heavy atom. The maximum absolute atomic E-state index is 12.5. The molecule has 0 bridgehead atoms. The lowest BCUT2D eigenvalue weighted by Gasteiger charge is -2.29. The molecule has 1 unspecified atom stereocenters. The summed E-state index contributed by atoms with van der Waals surface area (Å²) in [4.78, 5) is 25.4. The van der Waals surface area contributed by atoms with E-state index in [4.69, 9.17) is 9.84 Å². The molecular formula is C22H25NO4. The van der Waals surface area contributed by atoms with Gasteiger partial charge >= 0.3 is 12.1 Å². The topological polar surface area (TPSA) is 66.8 Å². The van der Waals surface area contributed by atoms with Crippen molar-refractivity contribution in [2.45, 2.75) is 45.3 Å². The van der Waals surface area contributed by atoms with E-state index in [1.165, 1.54) is 0 Å². The van der Waals surface area contributed by atoms with E-state index in [2.05, 4.69) is 6.07 Å². The maximum atomic E-state index is 12.5. The standard InChI is InChI=1S/C22H25NO4/c1-22(2,3)27-21(26)23-13-5-8-19(23)18-7-4-6-17(14-18)15-9-11-16(12-10-15)20(24)25/h4,6-7,9-12,14,19H,5,8,13H2,1-3H3,(H,24,25). The molecule has 1 amide bonds. The lowest BCUT2D eigenvalue weighted by molar-refractivity contribution is 0.0224. The average molecular weight is 367 g/mol. The Kier molecular flexibility index (Phi) is 5.22. The summed E-state index contributed by atoms with van der Waals surface area (Å²) in [6, 6.07) is 14.9. The maximum Gasteiger partial charge on any atom is 0.410 e. The minimum absolute atomic E-state index is 0.00177. The number of hydrogen-bond acceptors (Lipinski definition) is 3. The fourth-order valence-corrected chi connectivity index (χ4v) is 3.38. The predicted octanol–water partition coefficient (Wildman–Crippen LogP) is 5.12. The van der Waals surface area contributed by atoms with Crippen molar-refractivity contribution in [3.05, 3.63) is 59.7 Å². The molecule has 0 aromatic heterocycles. The second kappa shape index (κ2) is 7.43. The molecule has 5 heteroatoms. The predicted molar refractivity (Wildman–Crippen MR) is 104 cm³/mol. The Hall–Kier alpha value is -2.82.